The van der Waals surface area contributed by atoms with Crippen molar-refractivity contribution in [2.75, 3.05) is 26.2 Å². The average Bonchev–Trinajstić information content (AvgIpc) is 2.54. The molecule has 22 heavy (non-hydrogen) atoms. The molecule has 130 valence electrons. The molecule has 0 aromatic heterocycles. The number of hydrogen-bond donors (Lipinski definition) is 0. The maximum Gasteiger partial charge on any atom is 0.0172 e. The minimum absolute atomic E-state index is 1.19. The molecule has 0 heterocycles. The molecular formula is C20H40N2. The van der Waals surface area contributed by atoms with Gasteiger partial charge in [0.2, 0.25) is 0 Å². The highest BCUT2D eigenvalue weighted by Gasteiger charge is 1.98. The fourth-order valence-electron chi connectivity index (χ4n) is 2.31. The van der Waals surface area contributed by atoms with E-state index in [2.05, 4.69) is 62.0 Å². The molecule has 0 amide bonds. The number of hydrogen-bond acceptors (Lipinski definition) is 2. The predicted molar refractivity (Wildman–Crippen MR) is 101 cm³/mol. The first-order chi connectivity index (χ1) is 10.8. The third-order valence-corrected chi connectivity index (χ3v) is 3.90. The second kappa shape index (κ2) is 16.5. The van der Waals surface area contributed by atoms with Crippen LogP contribution in [0.15, 0.2) is 24.6 Å². The lowest BCUT2D eigenvalue weighted by atomic mass is 10.2. The molecule has 0 aromatic rings. The van der Waals surface area contributed by atoms with E-state index >= 15 is 0 Å². The van der Waals surface area contributed by atoms with Gasteiger partial charge >= 0.3 is 0 Å². The lowest BCUT2D eigenvalue weighted by Gasteiger charge is -2.20. The summed E-state index contributed by atoms with van der Waals surface area (Å²) in [6.07, 6.45) is 19.2. The van der Waals surface area contributed by atoms with Crippen molar-refractivity contribution in [2.24, 2.45) is 0 Å². The zero-order valence-corrected chi connectivity index (χ0v) is 15.7. The van der Waals surface area contributed by atoms with Gasteiger partial charge in [-0.05, 0) is 50.2 Å². The molecule has 0 radical (unpaired) electrons. The lowest BCUT2D eigenvalue weighted by Crippen LogP contribution is -2.20. The van der Waals surface area contributed by atoms with Crippen LogP contribution in [0.5, 0.6) is 0 Å². The maximum absolute atomic E-state index is 2.47. The quantitative estimate of drug-likeness (QED) is 0.352. The molecule has 0 spiro atoms. The molecule has 0 fully saturated rings. The molecular weight excluding hydrogens is 268 g/mol. The highest BCUT2D eigenvalue weighted by atomic mass is 15.1. The summed E-state index contributed by atoms with van der Waals surface area (Å²) in [7, 11) is 0. The summed E-state index contributed by atoms with van der Waals surface area (Å²) in [4.78, 5) is 4.94. The van der Waals surface area contributed by atoms with E-state index in [1.54, 1.807) is 0 Å². The van der Waals surface area contributed by atoms with Gasteiger partial charge < -0.3 is 9.80 Å². The highest BCUT2D eigenvalue weighted by molar-refractivity contribution is 5.02. The Morgan fingerprint density at radius 1 is 0.500 bits per heavy atom. The number of allylic oxidation sites excluding steroid dienone is 2. The smallest absolute Gasteiger partial charge is 0.0172 e. The van der Waals surface area contributed by atoms with Crippen molar-refractivity contribution >= 4 is 0 Å². The van der Waals surface area contributed by atoms with Crippen LogP contribution in [-0.2, 0) is 0 Å². The molecule has 0 unspecified atom stereocenters. The Hall–Kier alpha value is -0.920. The van der Waals surface area contributed by atoms with Crippen LogP contribution in [0.3, 0.4) is 0 Å². The van der Waals surface area contributed by atoms with Crippen LogP contribution in [0.1, 0.15) is 79.1 Å². The van der Waals surface area contributed by atoms with Crippen LogP contribution in [0.2, 0.25) is 0 Å². The third-order valence-electron chi connectivity index (χ3n) is 3.90. The van der Waals surface area contributed by atoms with Gasteiger partial charge in [0.15, 0.2) is 0 Å². The van der Waals surface area contributed by atoms with E-state index in [9.17, 15) is 0 Å². The third kappa shape index (κ3) is 12.8. The highest BCUT2D eigenvalue weighted by Crippen LogP contribution is 2.02. The van der Waals surface area contributed by atoms with E-state index in [0.717, 1.165) is 0 Å². The zero-order valence-electron chi connectivity index (χ0n) is 15.7. The van der Waals surface area contributed by atoms with Crippen molar-refractivity contribution in [3.05, 3.63) is 24.6 Å². The van der Waals surface area contributed by atoms with Gasteiger partial charge in [0.1, 0.15) is 0 Å². The van der Waals surface area contributed by atoms with Crippen LogP contribution in [0, 0.1) is 0 Å². The summed E-state index contributed by atoms with van der Waals surface area (Å²) in [6, 6.07) is 0. The lowest BCUT2D eigenvalue weighted by molar-refractivity contribution is 0.357. The average molecular weight is 309 g/mol. The first kappa shape index (κ1) is 21.1. The van der Waals surface area contributed by atoms with Gasteiger partial charge in [-0.2, -0.15) is 0 Å². The second-order valence-electron chi connectivity index (χ2n) is 6.17. The first-order valence-corrected chi connectivity index (χ1v) is 9.61. The zero-order chi connectivity index (χ0) is 16.5. The fourth-order valence-corrected chi connectivity index (χ4v) is 2.31. The SMILES string of the molecule is CCCCN(C=CC=CN(CCCC)CCCC)CCCC. The van der Waals surface area contributed by atoms with Crippen LogP contribution in [-0.4, -0.2) is 36.0 Å². The van der Waals surface area contributed by atoms with Crippen molar-refractivity contribution in [3.8, 4) is 0 Å². The molecule has 0 saturated carbocycles. The minimum atomic E-state index is 1.19. The molecule has 0 bridgehead atoms. The Morgan fingerprint density at radius 3 is 1.00 bits per heavy atom. The molecule has 0 aliphatic carbocycles. The fraction of sp³-hybridized carbons (Fsp3) is 0.800. The van der Waals surface area contributed by atoms with Crippen molar-refractivity contribution in [2.45, 2.75) is 79.1 Å². The topological polar surface area (TPSA) is 6.48 Å². The molecule has 0 saturated heterocycles. The summed E-state index contributed by atoms with van der Waals surface area (Å²) in [5, 5.41) is 0. The Balaban J connectivity index is 4.30. The molecule has 0 atom stereocenters. The summed E-state index contributed by atoms with van der Waals surface area (Å²) < 4.78 is 0. The standard InChI is InChI=1S/C20H40N2/c1-5-9-15-21(16-10-6-2)19-13-14-20-22(17-11-7-3)18-12-8-4/h13-14,19-20H,5-12,15-18H2,1-4H3. The van der Waals surface area contributed by atoms with E-state index in [1.165, 1.54) is 77.5 Å². The number of nitrogens with zero attached hydrogens (tertiary/aromatic N) is 2. The van der Waals surface area contributed by atoms with Crippen molar-refractivity contribution < 1.29 is 0 Å². The van der Waals surface area contributed by atoms with Gasteiger partial charge in [-0.25, -0.2) is 0 Å². The molecule has 2 heteroatoms. The molecule has 0 aromatic carbocycles. The summed E-state index contributed by atoms with van der Waals surface area (Å²) in [5.41, 5.74) is 0. The predicted octanol–water partition coefficient (Wildman–Crippen LogP) is 5.82. The number of rotatable bonds is 15. The normalized spacial score (nSPS) is 11.6. The van der Waals surface area contributed by atoms with Gasteiger partial charge in [-0.3, -0.25) is 0 Å². The molecule has 0 aliphatic heterocycles. The van der Waals surface area contributed by atoms with Crippen LogP contribution in [0.4, 0.5) is 0 Å². The molecule has 2 nitrogen and oxygen atoms in total. The van der Waals surface area contributed by atoms with E-state index in [1.807, 2.05) is 0 Å². The monoisotopic (exact) mass is 308 g/mol. The van der Waals surface area contributed by atoms with E-state index in [4.69, 9.17) is 0 Å². The van der Waals surface area contributed by atoms with Crippen LogP contribution < -0.4 is 0 Å². The summed E-state index contributed by atoms with van der Waals surface area (Å²) in [6.45, 7) is 13.8. The van der Waals surface area contributed by atoms with Gasteiger partial charge in [0.25, 0.3) is 0 Å². The number of unbranched alkanes of at least 4 members (excludes halogenated alkanes) is 4. The second-order valence-corrected chi connectivity index (χ2v) is 6.17. The van der Waals surface area contributed by atoms with Gasteiger partial charge in [0.05, 0.1) is 0 Å². The Morgan fingerprint density at radius 2 is 0.773 bits per heavy atom. The van der Waals surface area contributed by atoms with E-state index in [0.29, 0.717) is 0 Å². The van der Waals surface area contributed by atoms with Gasteiger partial charge in [-0.1, -0.05) is 53.4 Å². The maximum atomic E-state index is 2.47. The summed E-state index contributed by atoms with van der Waals surface area (Å²) >= 11 is 0. The molecule has 0 rings (SSSR count). The minimum Gasteiger partial charge on any atom is -0.377 e. The Kier molecular flexibility index (Phi) is 15.8. The molecule has 0 N–H and O–H groups in total. The Labute approximate surface area is 140 Å². The Bertz CT molecular complexity index is 227. The first-order valence-electron chi connectivity index (χ1n) is 9.61. The van der Waals surface area contributed by atoms with Crippen LogP contribution in [0.25, 0.3) is 0 Å². The van der Waals surface area contributed by atoms with E-state index in [-0.39, 0.29) is 0 Å². The van der Waals surface area contributed by atoms with Crippen molar-refractivity contribution in [3.63, 3.8) is 0 Å². The van der Waals surface area contributed by atoms with Crippen molar-refractivity contribution in [1.29, 1.82) is 0 Å². The van der Waals surface area contributed by atoms with Crippen LogP contribution >= 0.6 is 0 Å². The van der Waals surface area contributed by atoms with Gasteiger partial charge in [-0.15, -0.1) is 0 Å². The van der Waals surface area contributed by atoms with Gasteiger partial charge in [0, 0.05) is 26.2 Å². The largest absolute Gasteiger partial charge is 0.377 e. The van der Waals surface area contributed by atoms with Crippen molar-refractivity contribution in [1.82, 2.24) is 9.80 Å². The van der Waals surface area contributed by atoms with E-state index < -0.39 is 0 Å². The summed E-state index contributed by atoms with van der Waals surface area (Å²) in [5.74, 6) is 0. The molecule has 0 aliphatic rings.